The molecule has 0 N–H and O–H groups in total. The van der Waals surface area contributed by atoms with Crippen molar-refractivity contribution in [1.29, 1.82) is 0 Å². The fraction of sp³-hybridized carbons (Fsp3) is 0.167. The Hall–Kier alpha value is -7.10. The molecule has 0 amide bonds. The third-order valence-corrected chi connectivity index (χ3v) is 15.5. The van der Waals surface area contributed by atoms with Gasteiger partial charge in [-0.05, 0) is 166 Å². The molecule has 3 heteroatoms. The average molecular weight is 811 g/mol. The predicted octanol–water partition coefficient (Wildman–Crippen LogP) is 16.5. The number of aromatic nitrogens is 1. The van der Waals surface area contributed by atoms with Gasteiger partial charge in [0.15, 0.2) is 11.5 Å². The van der Waals surface area contributed by atoms with Crippen LogP contribution in [0.15, 0.2) is 188 Å². The highest BCUT2D eigenvalue weighted by atomic mass is 16.5. The van der Waals surface area contributed by atoms with E-state index in [1.807, 2.05) is 6.07 Å². The van der Waals surface area contributed by atoms with Gasteiger partial charge < -0.3 is 14.2 Å². The van der Waals surface area contributed by atoms with Crippen LogP contribution in [-0.4, -0.2) is 4.57 Å². The summed E-state index contributed by atoms with van der Waals surface area (Å²) >= 11 is 0. The van der Waals surface area contributed by atoms with Gasteiger partial charge in [0.25, 0.3) is 0 Å². The molecule has 2 heterocycles. The highest BCUT2D eigenvalue weighted by Gasteiger charge is 2.51. The van der Waals surface area contributed by atoms with E-state index in [-0.39, 0.29) is 0 Å². The minimum absolute atomic E-state index is 0.351. The Kier molecular flexibility index (Phi) is 7.58. The van der Waals surface area contributed by atoms with Gasteiger partial charge >= 0.3 is 0 Å². The van der Waals surface area contributed by atoms with Crippen LogP contribution in [0, 0.1) is 17.8 Å². The van der Waals surface area contributed by atoms with Crippen molar-refractivity contribution in [2.24, 2.45) is 17.8 Å². The first-order valence-electron chi connectivity index (χ1n) is 23.0. The number of para-hydroxylation sites is 3. The van der Waals surface area contributed by atoms with E-state index >= 15 is 0 Å². The number of benzene rings is 9. The highest BCUT2D eigenvalue weighted by molar-refractivity contribution is 6.18. The molecule has 1 aliphatic heterocycles. The molecular formula is C60H46N2O. The lowest BCUT2D eigenvalue weighted by molar-refractivity contribution is -0.00518. The van der Waals surface area contributed by atoms with Gasteiger partial charge in [-0.3, -0.25) is 0 Å². The largest absolute Gasteiger partial charge is 0.453 e. The van der Waals surface area contributed by atoms with Crippen molar-refractivity contribution in [3.63, 3.8) is 0 Å². The molecule has 9 aromatic carbocycles. The van der Waals surface area contributed by atoms with Crippen molar-refractivity contribution in [3.05, 3.63) is 194 Å². The van der Waals surface area contributed by atoms with Gasteiger partial charge in [0.1, 0.15) is 0 Å². The molecule has 1 aromatic heterocycles. The molecule has 4 aliphatic carbocycles. The minimum atomic E-state index is 0.351. The Bertz CT molecular complexity index is 3430. The molecular weight excluding hydrogens is 765 g/mol. The van der Waals surface area contributed by atoms with Crippen LogP contribution in [0.3, 0.4) is 0 Å². The molecule has 4 fully saturated rings. The summed E-state index contributed by atoms with van der Waals surface area (Å²) in [6.07, 6.45) is 8.49. The molecule has 4 bridgehead atoms. The van der Waals surface area contributed by atoms with Crippen LogP contribution in [0.25, 0.3) is 71.3 Å². The van der Waals surface area contributed by atoms with Gasteiger partial charge in [-0.25, -0.2) is 0 Å². The first kappa shape index (κ1) is 35.5. The molecule has 0 radical (unpaired) electrons. The van der Waals surface area contributed by atoms with E-state index in [1.54, 1.807) is 5.56 Å². The molecule has 3 nitrogen and oxygen atoms in total. The van der Waals surface area contributed by atoms with Crippen molar-refractivity contribution in [2.75, 3.05) is 4.90 Å². The van der Waals surface area contributed by atoms with E-state index in [0.29, 0.717) is 5.41 Å². The van der Waals surface area contributed by atoms with Gasteiger partial charge in [-0.2, -0.15) is 0 Å². The maximum Gasteiger partial charge on any atom is 0.152 e. The van der Waals surface area contributed by atoms with Crippen LogP contribution in [0.1, 0.15) is 44.1 Å². The van der Waals surface area contributed by atoms with Crippen molar-refractivity contribution in [3.8, 4) is 39.4 Å². The van der Waals surface area contributed by atoms with E-state index in [0.717, 1.165) is 46.1 Å². The lowest BCUT2D eigenvalue weighted by Gasteiger charge is -2.57. The molecule has 0 spiro atoms. The Morgan fingerprint density at radius 2 is 1.06 bits per heavy atom. The summed E-state index contributed by atoms with van der Waals surface area (Å²) in [6.45, 7) is 0. The summed E-state index contributed by atoms with van der Waals surface area (Å²) in [5.41, 5.74) is 13.7. The van der Waals surface area contributed by atoms with Gasteiger partial charge in [-0.15, -0.1) is 0 Å². The number of rotatable bonds is 6. The summed E-state index contributed by atoms with van der Waals surface area (Å²) in [5, 5.41) is 7.47. The number of nitrogens with zero attached hydrogens (tertiary/aromatic N) is 2. The maximum atomic E-state index is 6.56. The molecule has 4 saturated carbocycles. The third-order valence-electron chi connectivity index (χ3n) is 15.5. The maximum absolute atomic E-state index is 6.56. The number of ether oxygens (including phenoxy) is 1. The average Bonchev–Trinajstić information content (AvgIpc) is 3.68. The van der Waals surface area contributed by atoms with Gasteiger partial charge in [0.05, 0.1) is 22.4 Å². The second kappa shape index (κ2) is 13.4. The lowest BCUT2D eigenvalue weighted by Crippen LogP contribution is -2.48. The Balaban J connectivity index is 0.926. The zero-order chi connectivity index (χ0) is 41.2. The van der Waals surface area contributed by atoms with Crippen LogP contribution in [0.4, 0.5) is 17.1 Å². The lowest BCUT2D eigenvalue weighted by atomic mass is 9.48. The second-order valence-corrected chi connectivity index (χ2v) is 19.1. The van der Waals surface area contributed by atoms with Gasteiger partial charge in [0.2, 0.25) is 0 Å². The molecule has 15 rings (SSSR count). The molecule has 0 unspecified atom stereocenters. The summed E-state index contributed by atoms with van der Waals surface area (Å²) < 4.78 is 8.95. The van der Waals surface area contributed by atoms with Gasteiger partial charge in [0, 0.05) is 27.5 Å². The summed E-state index contributed by atoms with van der Waals surface area (Å²) in [6, 6.07) is 69.8. The fourth-order valence-electron chi connectivity index (χ4n) is 13.3. The first-order chi connectivity index (χ1) is 31.2. The topological polar surface area (TPSA) is 17.4 Å². The van der Waals surface area contributed by atoms with E-state index < -0.39 is 0 Å². The Morgan fingerprint density at radius 1 is 0.460 bits per heavy atom. The number of hydrogen-bond donors (Lipinski definition) is 0. The van der Waals surface area contributed by atoms with Crippen LogP contribution >= 0.6 is 0 Å². The molecule has 0 atom stereocenters. The molecule has 302 valence electrons. The monoisotopic (exact) mass is 810 g/mol. The molecule has 10 aromatic rings. The normalized spacial score (nSPS) is 20.7. The summed E-state index contributed by atoms with van der Waals surface area (Å²) in [7, 11) is 0. The summed E-state index contributed by atoms with van der Waals surface area (Å²) in [5.74, 6) is 4.52. The minimum Gasteiger partial charge on any atom is -0.453 e. The van der Waals surface area contributed by atoms with Gasteiger partial charge in [-0.1, -0.05) is 127 Å². The zero-order valence-electron chi connectivity index (χ0n) is 35.2. The second-order valence-electron chi connectivity index (χ2n) is 19.1. The SMILES string of the molecule is c1ccc2c(c1)Oc1ccc(-c3ccc(N(c4ccc(C56CC7CC(CC(C7)C5)C6)cc4)c4ccc(-c5cccc6ccccc56)c5ccccc45)cc3)c3c4ccccc4n-2c13. The highest BCUT2D eigenvalue weighted by Crippen LogP contribution is 2.61. The quantitative estimate of drug-likeness (QED) is 0.166. The van der Waals surface area contributed by atoms with Crippen molar-refractivity contribution < 1.29 is 4.74 Å². The molecule has 0 saturated heterocycles. The number of anilines is 3. The summed E-state index contributed by atoms with van der Waals surface area (Å²) in [4.78, 5) is 2.50. The van der Waals surface area contributed by atoms with Crippen LogP contribution < -0.4 is 9.64 Å². The zero-order valence-corrected chi connectivity index (χ0v) is 35.2. The van der Waals surface area contributed by atoms with Crippen molar-refractivity contribution >= 4 is 60.4 Å². The smallest absolute Gasteiger partial charge is 0.152 e. The van der Waals surface area contributed by atoms with E-state index in [4.69, 9.17) is 4.74 Å². The van der Waals surface area contributed by atoms with Crippen LogP contribution in [0.2, 0.25) is 0 Å². The molecule has 5 aliphatic rings. The van der Waals surface area contributed by atoms with E-state index in [1.165, 1.54) is 110 Å². The first-order valence-corrected chi connectivity index (χ1v) is 23.0. The predicted molar refractivity (Wildman–Crippen MR) is 261 cm³/mol. The van der Waals surface area contributed by atoms with Crippen LogP contribution in [-0.2, 0) is 5.41 Å². The van der Waals surface area contributed by atoms with E-state index in [2.05, 4.69) is 191 Å². The Morgan fingerprint density at radius 3 is 1.84 bits per heavy atom. The fourth-order valence-corrected chi connectivity index (χ4v) is 13.3. The Labute approximate surface area is 367 Å². The standard InChI is InChI=1S/C60H46N2O/c1-2-12-46-41(10-1)11-9-16-48(46)50-28-30-54(51-14-4-3-13-49(50)51)61(45-26-22-43(23-27-45)60-35-38-32-39(36-60)34-40(33-38)37-60)44-24-20-42(21-25-44)47-29-31-57-59-58(47)52-15-5-6-17-53(52)62(59)55-18-7-8-19-56(55)63-57/h1-31,38-40H,32-37H2. The number of hydrogen-bond acceptors (Lipinski definition) is 2. The number of fused-ring (bicyclic) bond motifs is 7. The third kappa shape index (κ3) is 5.32. The van der Waals surface area contributed by atoms with Crippen molar-refractivity contribution in [1.82, 2.24) is 4.57 Å². The van der Waals surface area contributed by atoms with Crippen LogP contribution in [0.5, 0.6) is 11.5 Å². The molecule has 63 heavy (non-hydrogen) atoms. The van der Waals surface area contributed by atoms with Crippen molar-refractivity contribution in [2.45, 2.75) is 43.9 Å². The van der Waals surface area contributed by atoms with E-state index in [9.17, 15) is 0 Å².